The number of carbonyl (C=O) groups excluding carboxylic acids is 1. The van der Waals surface area contributed by atoms with Crippen LogP contribution in [-0.4, -0.2) is 30.9 Å². The molecule has 0 heterocycles. The van der Waals surface area contributed by atoms with Crippen LogP contribution in [0.2, 0.25) is 0 Å². The zero-order valence-electron chi connectivity index (χ0n) is 10.6. The van der Waals surface area contributed by atoms with Gasteiger partial charge in [-0.15, -0.1) is 0 Å². The summed E-state index contributed by atoms with van der Waals surface area (Å²) in [5.41, 5.74) is 6.85. The summed E-state index contributed by atoms with van der Waals surface area (Å²) in [7, 11) is 0. The summed E-state index contributed by atoms with van der Waals surface area (Å²) >= 11 is 4.01. The van der Waals surface area contributed by atoms with Gasteiger partial charge in [-0.25, -0.2) is 0 Å². The van der Waals surface area contributed by atoms with Gasteiger partial charge < -0.3 is 15.8 Å². The van der Waals surface area contributed by atoms with Crippen LogP contribution in [0.4, 0.5) is 0 Å². The van der Waals surface area contributed by atoms with Crippen LogP contribution >= 0.6 is 12.6 Å². The van der Waals surface area contributed by atoms with Crippen molar-refractivity contribution in [2.45, 2.75) is 19.4 Å². The van der Waals surface area contributed by atoms with E-state index < -0.39 is 0 Å². The normalized spacial score (nSPS) is 11.9. The van der Waals surface area contributed by atoms with E-state index >= 15 is 0 Å². The quantitative estimate of drug-likeness (QED) is 0.646. The number of benzene rings is 1. The van der Waals surface area contributed by atoms with Gasteiger partial charge in [0.15, 0.2) is 6.61 Å². The predicted octanol–water partition coefficient (Wildman–Crippen LogP) is 1.00. The summed E-state index contributed by atoms with van der Waals surface area (Å²) in [5, 5.41) is 2.69. The van der Waals surface area contributed by atoms with Crippen molar-refractivity contribution in [2.75, 3.05) is 18.9 Å². The molecule has 0 aliphatic rings. The van der Waals surface area contributed by atoms with Crippen LogP contribution in [0.15, 0.2) is 24.3 Å². The Morgan fingerprint density at radius 3 is 3.00 bits per heavy atom. The molecule has 0 spiro atoms. The van der Waals surface area contributed by atoms with Gasteiger partial charge in [0.25, 0.3) is 5.91 Å². The van der Waals surface area contributed by atoms with E-state index in [4.69, 9.17) is 10.5 Å². The zero-order valence-corrected chi connectivity index (χ0v) is 11.5. The second kappa shape index (κ2) is 8.00. The summed E-state index contributed by atoms with van der Waals surface area (Å²) in [6.07, 6.45) is 0.795. The van der Waals surface area contributed by atoms with Crippen LogP contribution in [-0.2, 0) is 11.2 Å². The third-order valence-corrected chi connectivity index (χ3v) is 2.48. The van der Waals surface area contributed by atoms with E-state index in [1.165, 1.54) is 0 Å². The molecule has 1 amide bonds. The van der Waals surface area contributed by atoms with Crippen LogP contribution in [0.25, 0.3) is 0 Å². The van der Waals surface area contributed by atoms with Crippen molar-refractivity contribution >= 4 is 18.5 Å². The highest BCUT2D eigenvalue weighted by Gasteiger charge is 2.03. The van der Waals surface area contributed by atoms with Gasteiger partial charge in [0.2, 0.25) is 0 Å². The summed E-state index contributed by atoms with van der Waals surface area (Å²) in [6.45, 7) is 2.53. The monoisotopic (exact) mass is 268 g/mol. The Bertz CT molecular complexity index is 383. The number of hydrogen-bond acceptors (Lipinski definition) is 4. The minimum absolute atomic E-state index is 0.0232. The van der Waals surface area contributed by atoms with E-state index in [-0.39, 0.29) is 18.6 Å². The number of nitrogens with two attached hydrogens (primary N) is 1. The first-order valence-corrected chi connectivity index (χ1v) is 6.60. The van der Waals surface area contributed by atoms with Crippen LogP contribution in [0.5, 0.6) is 5.75 Å². The minimum atomic E-state index is -0.137. The first kappa shape index (κ1) is 14.9. The fourth-order valence-corrected chi connectivity index (χ4v) is 1.64. The number of hydrogen-bond donors (Lipinski definition) is 3. The summed E-state index contributed by atoms with van der Waals surface area (Å²) in [6, 6.07) is 7.75. The van der Waals surface area contributed by atoms with Gasteiger partial charge in [-0.3, -0.25) is 4.79 Å². The first-order valence-electron chi connectivity index (χ1n) is 5.96. The number of amides is 1. The highest BCUT2D eigenvalue weighted by atomic mass is 32.1. The lowest BCUT2D eigenvalue weighted by Crippen LogP contribution is -2.30. The van der Waals surface area contributed by atoms with Gasteiger partial charge in [0, 0.05) is 18.3 Å². The molecule has 3 N–H and O–H groups in total. The van der Waals surface area contributed by atoms with E-state index in [0.717, 1.165) is 12.0 Å². The van der Waals surface area contributed by atoms with E-state index in [9.17, 15) is 4.79 Å². The molecule has 0 radical (unpaired) electrons. The molecule has 1 atom stereocenters. The van der Waals surface area contributed by atoms with Crippen molar-refractivity contribution in [1.29, 1.82) is 0 Å². The first-order chi connectivity index (χ1) is 8.61. The van der Waals surface area contributed by atoms with Crippen LogP contribution in [0.1, 0.15) is 12.5 Å². The second-order valence-corrected chi connectivity index (χ2v) is 4.64. The van der Waals surface area contributed by atoms with Gasteiger partial charge in [0.1, 0.15) is 5.75 Å². The van der Waals surface area contributed by atoms with Crippen LogP contribution < -0.4 is 15.8 Å². The Kier molecular flexibility index (Phi) is 6.60. The summed E-state index contributed by atoms with van der Waals surface area (Å²) < 4.78 is 5.41. The van der Waals surface area contributed by atoms with E-state index in [2.05, 4.69) is 17.9 Å². The molecule has 0 aliphatic carbocycles. The third kappa shape index (κ3) is 5.93. The smallest absolute Gasteiger partial charge is 0.257 e. The molecule has 1 aromatic carbocycles. The van der Waals surface area contributed by atoms with Crippen molar-refractivity contribution in [2.24, 2.45) is 5.73 Å². The average Bonchev–Trinajstić information content (AvgIpc) is 2.33. The fourth-order valence-electron chi connectivity index (χ4n) is 1.53. The van der Waals surface area contributed by atoms with Gasteiger partial charge in [-0.1, -0.05) is 12.1 Å². The van der Waals surface area contributed by atoms with E-state index in [1.807, 2.05) is 31.2 Å². The van der Waals surface area contributed by atoms with Crippen LogP contribution in [0.3, 0.4) is 0 Å². The molecule has 100 valence electrons. The number of nitrogens with one attached hydrogen (secondary N) is 1. The molecule has 0 bridgehead atoms. The molecule has 0 saturated carbocycles. The zero-order chi connectivity index (χ0) is 13.4. The SMILES string of the molecule is CC(N)Cc1cccc(OCC(=O)NCCS)c1. The molecule has 1 aromatic rings. The molecule has 0 aliphatic heterocycles. The van der Waals surface area contributed by atoms with Gasteiger partial charge >= 0.3 is 0 Å². The Morgan fingerprint density at radius 2 is 2.33 bits per heavy atom. The number of carbonyl (C=O) groups is 1. The van der Waals surface area contributed by atoms with E-state index in [1.54, 1.807) is 0 Å². The predicted molar refractivity (Wildman–Crippen MR) is 76.2 cm³/mol. The maximum absolute atomic E-state index is 11.3. The standard InChI is InChI=1S/C13H20N2O2S/c1-10(14)7-11-3-2-4-12(8-11)17-9-13(16)15-5-6-18/h2-4,8,10,18H,5-7,9,14H2,1H3,(H,15,16). The van der Waals surface area contributed by atoms with E-state index in [0.29, 0.717) is 18.0 Å². The fraction of sp³-hybridized carbons (Fsp3) is 0.462. The molecule has 4 nitrogen and oxygen atoms in total. The van der Waals surface area contributed by atoms with Gasteiger partial charge in [-0.05, 0) is 31.0 Å². The second-order valence-electron chi connectivity index (χ2n) is 4.19. The van der Waals surface area contributed by atoms with Crippen molar-refractivity contribution in [3.63, 3.8) is 0 Å². The maximum Gasteiger partial charge on any atom is 0.257 e. The molecule has 0 fully saturated rings. The number of thiol groups is 1. The van der Waals surface area contributed by atoms with Gasteiger partial charge in [-0.2, -0.15) is 12.6 Å². The average molecular weight is 268 g/mol. The minimum Gasteiger partial charge on any atom is -0.484 e. The Hall–Kier alpha value is -1.20. The lowest BCUT2D eigenvalue weighted by Gasteiger charge is -2.09. The molecule has 1 unspecified atom stereocenters. The van der Waals surface area contributed by atoms with Gasteiger partial charge in [0.05, 0.1) is 0 Å². The molecular weight excluding hydrogens is 248 g/mol. The Labute approximate surface area is 113 Å². The number of ether oxygens (including phenoxy) is 1. The van der Waals surface area contributed by atoms with Crippen molar-refractivity contribution in [3.05, 3.63) is 29.8 Å². The van der Waals surface area contributed by atoms with Crippen LogP contribution in [0, 0.1) is 0 Å². The largest absolute Gasteiger partial charge is 0.484 e. The van der Waals surface area contributed by atoms with Crippen molar-refractivity contribution in [3.8, 4) is 5.75 Å². The molecule has 1 rings (SSSR count). The summed E-state index contributed by atoms with van der Waals surface area (Å²) in [4.78, 5) is 11.3. The Balaban J connectivity index is 2.44. The highest BCUT2D eigenvalue weighted by molar-refractivity contribution is 7.80. The third-order valence-electron chi connectivity index (χ3n) is 2.26. The highest BCUT2D eigenvalue weighted by Crippen LogP contribution is 2.14. The lowest BCUT2D eigenvalue weighted by atomic mass is 10.1. The topological polar surface area (TPSA) is 64.3 Å². The van der Waals surface area contributed by atoms with Crippen molar-refractivity contribution in [1.82, 2.24) is 5.32 Å². The molecule has 18 heavy (non-hydrogen) atoms. The molecular formula is C13H20N2O2S. The maximum atomic E-state index is 11.3. The molecule has 0 aromatic heterocycles. The Morgan fingerprint density at radius 1 is 1.56 bits per heavy atom. The molecule has 5 heteroatoms. The molecule has 0 saturated heterocycles. The lowest BCUT2D eigenvalue weighted by molar-refractivity contribution is -0.122. The summed E-state index contributed by atoms with van der Waals surface area (Å²) in [5.74, 6) is 1.17. The van der Waals surface area contributed by atoms with Crippen molar-refractivity contribution < 1.29 is 9.53 Å². The number of rotatable bonds is 7.